The Bertz CT molecular complexity index is 1660. The summed E-state index contributed by atoms with van der Waals surface area (Å²) in [6.07, 6.45) is 6.43. The summed E-state index contributed by atoms with van der Waals surface area (Å²) in [5.41, 5.74) is 5.02. The zero-order valence-electron chi connectivity index (χ0n) is 21.4. The molecule has 3 aromatic carbocycles. The van der Waals surface area contributed by atoms with Crippen LogP contribution in [0.5, 0.6) is 0 Å². The van der Waals surface area contributed by atoms with Crippen LogP contribution in [0.3, 0.4) is 0 Å². The van der Waals surface area contributed by atoms with E-state index in [9.17, 15) is 9.59 Å². The summed E-state index contributed by atoms with van der Waals surface area (Å²) in [7, 11) is 1.73. The molecule has 0 unspecified atom stereocenters. The SMILES string of the molecule is Cc1cccc(C(=O)N(C)c2cccc(/C=C/C(=O)Nc3ccccc3-c3nnc(-c4ccncc4)o3)c2)c1. The van der Waals surface area contributed by atoms with Crippen molar-refractivity contribution in [3.8, 4) is 22.9 Å². The third-order valence-electron chi connectivity index (χ3n) is 6.02. The number of aromatic nitrogens is 3. The fraction of sp³-hybridized carbons (Fsp3) is 0.0645. The average Bonchev–Trinajstić information content (AvgIpc) is 3.46. The highest BCUT2D eigenvalue weighted by atomic mass is 16.4. The molecule has 0 saturated heterocycles. The van der Waals surface area contributed by atoms with Crippen LogP contribution in [0.1, 0.15) is 21.5 Å². The minimum absolute atomic E-state index is 0.109. The van der Waals surface area contributed by atoms with Gasteiger partial charge in [0.15, 0.2) is 0 Å². The lowest BCUT2D eigenvalue weighted by molar-refractivity contribution is -0.111. The molecule has 0 aliphatic carbocycles. The average molecular weight is 516 g/mol. The number of benzene rings is 3. The lowest BCUT2D eigenvalue weighted by Gasteiger charge is -2.18. The largest absolute Gasteiger partial charge is 0.416 e. The Morgan fingerprint density at radius 1 is 0.872 bits per heavy atom. The maximum Gasteiger partial charge on any atom is 0.258 e. The fourth-order valence-corrected chi connectivity index (χ4v) is 3.99. The summed E-state index contributed by atoms with van der Waals surface area (Å²) in [5, 5.41) is 11.2. The third kappa shape index (κ3) is 5.97. The summed E-state index contributed by atoms with van der Waals surface area (Å²) in [5.74, 6) is 0.211. The van der Waals surface area contributed by atoms with E-state index >= 15 is 0 Å². The monoisotopic (exact) mass is 515 g/mol. The normalized spacial score (nSPS) is 10.9. The Morgan fingerprint density at radius 3 is 2.46 bits per heavy atom. The van der Waals surface area contributed by atoms with Crippen LogP contribution in [0.4, 0.5) is 11.4 Å². The van der Waals surface area contributed by atoms with Gasteiger partial charge in [0.1, 0.15) is 0 Å². The highest BCUT2D eigenvalue weighted by molar-refractivity contribution is 6.06. The minimum atomic E-state index is -0.328. The molecule has 1 N–H and O–H groups in total. The van der Waals surface area contributed by atoms with Crippen LogP contribution in [0.15, 0.2) is 108 Å². The molecule has 8 heteroatoms. The quantitative estimate of drug-likeness (QED) is 0.265. The highest BCUT2D eigenvalue weighted by Crippen LogP contribution is 2.29. The number of rotatable bonds is 7. The van der Waals surface area contributed by atoms with Crippen LogP contribution in [0.2, 0.25) is 0 Å². The molecule has 0 fully saturated rings. The molecular formula is C31H25N5O3. The van der Waals surface area contributed by atoms with E-state index in [2.05, 4.69) is 20.5 Å². The number of anilines is 2. The fourth-order valence-electron chi connectivity index (χ4n) is 3.99. The van der Waals surface area contributed by atoms with Crippen LogP contribution in [-0.2, 0) is 4.79 Å². The molecule has 2 heterocycles. The highest BCUT2D eigenvalue weighted by Gasteiger charge is 2.15. The molecule has 0 atom stereocenters. The number of para-hydroxylation sites is 1. The molecule has 0 aliphatic heterocycles. The van der Waals surface area contributed by atoms with Crippen molar-refractivity contribution in [2.45, 2.75) is 6.92 Å². The first-order valence-electron chi connectivity index (χ1n) is 12.2. The van der Waals surface area contributed by atoms with Crippen LogP contribution in [0.25, 0.3) is 29.0 Å². The van der Waals surface area contributed by atoms with Crippen molar-refractivity contribution < 1.29 is 14.0 Å². The van der Waals surface area contributed by atoms with E-state index in [-0.39, 0.29) is 17.7 Å². The van der Waals surface area contributed by atoms with E-state index in [0.717, 1.165) is 22.4 Å². The summed E-state index contributed by atoms with van der Waals surface area (Å²) >= 11 is 0. The van der Waals surface area contributed by atoms with Crippen molar-refractivity contribution in [1.29, 1.82) is 0 Å². The number of carbonyl (C=O) groups is 2. The predicted octanol–water partition coefficient (Wildman–Crippen LogP) is 6.04. The standard InChI is InChI=1S/C31H25N5O3/c1-21-7-5-9-24(19-21)31(38)36(2)25-10-6-8-22(20-25)13-14-28(37)33-27-12-4-3-11-26(27)30-35-34-29(39-30)23-15-17-32-18-16-23/h3-20H,1-2H3,(H,33,37)/b14-13+. The van der Waals surface area contributed by atoms with Gasteiger partial charge in [-0.3, -0.25) is 14.6 Å². The molecule has 2 amide bonds. The van der Waals surface area contributed by atoms with Crippen LogP contribution in [0, 0.1) is 6.92 Å². The number of nitrogens with one attached hydrogen (secondary N) is 1. The van der Waals surface area contributed by atoms with Gasteiger partial charge in [0.05, 0.1) is 11.3 Å². The molecule has 5 rings (SSSR count). The molecule has 0 bridgehead atoms. The zero-order valence-corrected chi connectivity index (χ0v) is 21.4. The first-order valence-corrected chi connectivity index (χ1v) is 12.2. The van der Waals surface area contributed by atoms with Gasteiger partial charge in [-0.1, -0.05) is 42.0 Å². The molecule has 0 saturated carbocycles. The van der Waals surface area contributed by atoms with Gasteiger partial charge >= 0.3 is 0 Å². The Balaban J connectivity index is 1.29. The van der Waals surface area contributed by atoms with Crippen molar-refractivity contribution in [3.05, 3.63) is 120 Å². The van der Waals surface area contributed by atoms with Crippen LogP contribution in [-0.4, -0.2) is 34.0 Å². The van der Waals surface area contributed by atoms with Crippen molar-refractivity contribution in [2.24, 2.45) is 0 Å². The molecule has 0 radical (unpaired) electrons. The van der Waals surface area contributed by atoms with Crippen molar-refractivity contribution in [2.75, 3.05) is 17.3 Å². The number of hydrogen-bond donors (Lipinski definition) is 1. The number of aryl methyl sites for hydroxylation is 1. The molecule has 0 aliphatic rings. The molecule has 2 aromatic heterocycles. The summed E-state index contributed by atoms with van der Waals surface area (Å²) in [6.45, 7) is 1.95. The van der Waals surface area contributed by atoms with Gasteiger partial charge in [-0.15, -0.1) is 10.2 Å². The van der Waals surface area contributed by atoms with Crippen molar-refractivity contribution in [3.63, 3.8) is 0 Å². The number of nitrogens with zero attached hydrogens (tertiary/aromatic N) is 4. The Kier molecular flexibility index (Phi) is 7.36. The van der Waals surface area contributed by atoms with Gasteiger partial charge in [-0.25, -0.2) is 0 Å². The third-order valence-corrected chi connectivity index (χ3v) is 6.02. The van der Waals surface area contributed by atoms with Crippen molar-refractivity contribution in [1.82, 2.24) is 15.2 Å². The minimum Gasteiger partial charge on any atom is -0.416 e. The Hall–Kier alpha value is -5.37. The maximum atomic E-state index is 12.9. The summed E-state index contributed by atoms with van der Waals surface area (Å²) in [6, 6.07) is 25.7. The van der Waals surface area contributed by atoms with E-state index in [1.807, 2.05) is 61.5 Å². The molecule has 0 spiro atoms. The molecule has 8 nitrogen and oxygen atoms in total. The van der Waals surface area contributed by atoms with Gasteiger partial charge in [0.2, 0.25) is 17.7 Å². The van der Waals surface area contributed by atoms with Gasteiger partial charge < -0.3 is 14.6 Å². The second-order valence-corrected chi connectivity index (χ2v) is 8.85. The number of amides is 2. The Labute approximate surface area is 225 Å². The molecular weight excluding hydrogens is 490 g/mol. The molecule has 192 valence electrons. The zero-order chi connectivity index (χ0) is 27.2. The van der Waals surface area contributed by atoms with Gasteiger partial charge in [-0.2, -0.15) is 0 Å². The van der Waals surface area contributed by atoms with Gasteiger partial charge in [-0.05, 0) is 67.1 Å². The smallest absolute Gasteiger partial charge is 0.258 e. The number of carbonyl (C=O) groups excluding carboxylic acids is 2. The second kappa shape index (κ2) is 11.4. The lowest BCUT2D eigenvalue weighted by atomic mass is 10.1. The van der Waals surface area contributed by atoms with E-state index in [1.54, 1.807) is 60.7 Å². The van der Waals surface area contributed by atoms with E-state index in [1.165, 1.54) is 6.08 Å². The molecule has 5 aromatic rings. The van der Waals surface area contributed by atoms with Gasteiger partial charge in [0, 0.05) is 42.3 Å². The summed E-state index contributed by atoms with van der Waals surface area (Å²) in [4.78, 5) is 31.3. The van der Waals surface area contributed by atoms with Crippen LogP contribution < -0.4 is 10.2 Å². The second-order valence-electron chi connectivity index (χ2n) is 8.85. The Morgan fingerprint density at radius 2 is 1.64 bits per heavy atom. The van der Waals surface area contributed by atoms with Crippen molar-refractivity contribution >= 4 is 29.3 Å². The van der Waals surface area contributed by atoms with Gasteiger partial charge in [0.25, 0.3) is 5.91 Å². The topological polar surface area (TPSA) is 101 Å². The van der Waals surface area contributed by atoms with Crippen LogP contribution >= 0.6 is 0 Å². The number of hydrogen-bond acceptors (Lipinski definition) is 6. The lowest BCUT2D eigenvalue weighted by Crippen LogP contribution is -2.26. The van der Waals surface area contributed by atoms with E-state index < -0.39 is 0 Å². The summed E-state index contributed by atoms with van der Waals surface area (Å²) < 4.78 is 5.85. The predicted molar refractivity (Wildman–Crippen MR) is 151 cm³/mol. The number of pyridine rings is 1. The first-order chi connectivity index (χ1) is 19.0. The molecule has 39 heavy (non-hydrogen) atoms. The maximum absolute atomic E-state index is 12.9. The van der Waals surface area contributed by atoms with E-state index in [4.69, 9.17) is 4.42 Å². The van der Waals surface area contributed by atoms with E-state index in [0.29, 0.717) is 22.7 Å². The first kappa shape index (κ1) is 25.3.